The van der Waals surface area contributed by atoms with Crippen molar-refractivity contribution in [2.24, 2.45) is 0 Å². The minimum atomic E-state index is -3.82. The molecule has 8 heterocycles. The molecule has 0 spiro atoms. The van der Waals surface area contributed by atoms with Crippen molar-refractivity contribution in [3.05, 3.63) is 180 Å². The predicted molar refractivity (Wildman–Crippen MR) is 376 cm³/mol. The summed E-state index contributed by atoms with van der Waals surface area (Å²) < 4.78 is 145. The number of ether oxygens (including phenoxy) is 3. The Morgan fingerprint density at radius 3 is 1.35 bits per heavy atom. The van der Waals surface area contributed by atoms with Gasteiger partial charge in [-0.05, 0) is 128 Å². The zero-order valence-corrected chi connectivity index (χ0v) is 58.4. The summed E-state index contributed by atoms with van der Waals surface area (Å²) in [4.78, 5) is 59.7. The molecule has 2 aliphatic rings. The van der Waals surface area contributed by atoms with E-state index in [2.05, 4.69) is 21.3 Å². The number of carbonyl (C=O) groups is 4. The first-order valence-electron chi connectivity index (χ1n) is 31.5. The number of halogens is 4. The molecule has 6 N–H and O–H groups in total. The van der Waals surface area contributed by atoms with Crippen LogP contribution in [0.15, 0.2) is 154 Å². The number of furan rings is 2. The summed E-state index contributed by atoms with van der Waals surface area (Å²) in [5.41, 5.74) is 5.99. The fourth-order valence-electron chi connectivity index (χ4n) is 12.5. The molecule has 104 heavy (non-hydrogen) atoms. The number of pyridine rings is 2. The fraction of sp³-hybridized carbons (Fsp3) is 0.194. The van der Waals surface area contributed by atoms with Crippen molar-refractivity contribution in [2.45, 2.75) is 19.4 Å². The predicted octanol–water partition coefficient (Wildman–Crippen LogP) is 8.07. The van der Waals surface area contributed by atoms with Crippen molar-refractivity contribution < 1.29 is 106 Å². The van der Waals surface area contributed by atoms with Crippen LogP contribution in [0, 0.1) is 23.3 Å². The van der Waals surface area contributed by atoms with Crippen molar-refractivity contribution >= 4 is 98.9 Å². The Bertz CT molecular complexity index is 5660. The number of aliphatic carboxylic acids is 1. The van der Waals surface area contributed by atoms with Gasteiger partial charge in [0.1, 0.15) is 68.8 Å². The van der Waals surface area contributed by atoms with Crippen LogP contribution < -0.4 is 58.2 Å². The number of carboxylic acid groups (broad SMARTS) is 1. The Morgan fingerprint density at radius 2 is 0.971 bits per heavy atom. The van der Waals surface area contributed by atoms with Gasteiger partial charge in [0.15, 0.2) is 12.5 Å². The van der Waals surface area contributed by atoms with Gasteiger partial charge in [-0.2, -0.15) is 0 Å². The first-order chi connectivity index (χ1) is 48.7. The van der Waals surface area contributed by atoms with Crippen LogP contribution >= 0.6 is 0 Å². The molecule has 0 saturated carbocycles. The van der Waals surface area contributed by atoms with E-state index in [1.807, 2.05) is 0 Å². The van der Waals surface area contributed by atoms with Crippen molar-refractivity contribution in [3.63, 3.8) is 0 Å². The zero-order valence-electron chi connectivity index (χ0n) is 56.8. The summed E-state index contributed by atoms with van der Waals surface area (Å²) in [5, 5.41) is 21.6. The standard InChI is InChI=1S/C37H33F2N5O7S.C35H29F2N5O7S.Li.H2O/c1-5-49-33(45)19-41-18-32-44-27-8-6-7-25(39)22(27)16-29(44)35-30(50-32)14-13-26(42-35)23-15-24-31(17-28(23)43(3)52(4,47)48)51-36(34(24)37(46)40-2)20-9-11-21(38)12-10-20;1-38-35(45)32-22-13-21(26(41(2)50(3,46)47)15-29(22)49-34(32)18-7-9-19(36)10-8-18)24-11-12-28-33(40-24)27-14-20-23(37)5-4-6-25(20)42(27)30(48-28)16-39-17-31(43)44;;/h6-17,32,41H,5,18-19H2,1-4H3,(H,40,46);4-15,30,39H,16-17H2,1-3H3,(H,38,45)(H,43,44);;1H2/q;;+1;/p-1. The van der Waals surface area contributed by atoms with E-state index in [4.69, 9.17) is 38.1 Å². The third kappa shape index (κ3) is 13.9. The summed E-state index contributed by atoms with van der Waals surface area (Å²) in [5.74, 6) is -3.28. The number of hydrogen-bond acceptors (Lipinski definition) is 18. The molecule has 12 aromatic rings. The quantitative estimate of drug-likeness (QED) is 0.0290. The van der Waals surface area contributed by atoms with Crippen LogP contribution in [-0.2, 0) is 34.4 Å². The van der Waals surface area contributed by atoms with E-state index in [1.165, 1.54) is 101 Å². The van der Waals surface area contributed by atoms with Crippen LogP contribution in [0.2, 0.25) is 0 Å². The molecule has 0 fully saturated rings. The topological polar surface area (TPSA) is 331 Å². The smallest absolute Gasteiger partial charge is 0.870 e. The minimum absolute atomic E-state index is 0. The number of rotatable bonds is 19. The maximum atomic E-state index is 15.2. The second-order valence-corrected chi connectivity index (χ2v) is 27.8. The summed E-state index contributed by atoms with van der Waals surface area (Å²) >= 11 is 0. The van der Waals surface area contributed by atoms with Gasteiger partial charge in [0.2, 0.25) is 20.0 Å². The number of benzene rings is 6. The van der Waals surface area contributed by atoms with E-state index in [1.54, 1.807) is 88.9 Å². The monoisotopic (exact) mass is 1450 g/mol. The number of anilines is 2. The number of esters is 1. The van der Waals surface area contributed by atoms with E-state index in [9.17, 15) is 44.8 Å². The largest absolute Gasteiger partial charge is 1.00 e. The van der Waals surface area contributed by atoms with Crippen molar-refractivity contribution in [2.75, 3.05) is 82.1 Å². The van der Waals surface area contributed by atoms with Gasteiger partial charge in [-0.1, -0.05) is 12.1 Å². The van der Waals surface area contributed by atoms with Gasteiger partial charge < -0.3 is 64.0 Å². The van der Waals surface area contributed by atoms with E-state index < -0.39 is 79.5 Å². The Labute approximate surface area is 602 Å². The minimum Gasteiger partial charge on any atom is -0.870 e. The van der Waals surface area contributed by atoms with Crippen LogP contribution in [0.25, 0.3) is 112 Å². The van der Waals surface area contributed by atoms with Crippen LogP contribution in [0.4, 0.5) is 28.9 Å². The zero-order chi connectivity index (χ0) is 72.4. The average molecular weight is 1460 g/mol. The first kappa shape index (κ1) is 74.2. The van der Waals surface area contributed by atoms with E-state index in [0.29, 0.717) is 100 Å². The molecule has 2 atom stereocenters. The van der Waals surface area contributed by atoms with Gasteiger partial charge in [-0.25, -0.2) is 44.4 Å². The Balaban J connectivity index is 0.000000204. The molecular formula is C72H63F4LiN10O15S2. The van der Waals surface area contributed by atoms with Gasteiger partial charge in [-0.15, -0.1) is 0 Å². The molecule has 32 heteroatoms. The van der Waals surface area contributed by atoms with Gasteiger partial charge in [-0.3, -0.25) is 27.8 Å². The summed E-state index contributed by atoms with van der Waals surface area (Å²) in [6, 6.07) is 36.3. The fourth-order valence-corrected chi connectivity index (χ4v) is 13.5. The summed E-state index contributed by atoms with van der Waals surface area (Å²) in [6.07, 6.45) is 0.652. The van der Waals surface area contributed by atoms with Crippen LogP contribution in [0.1, 0.15) is 40.1 Å². The number of sulfonamides is 2. The van der Waals surface area contributed by atoms with Gasteiger partial charge in [0, 0.05) is 84.1 Å². The molecule has 2 aliphatic heterocycles. The Hall–Kier alpha value is -11.0. The molecule has 0 radical (unpaired) electrons. The summed E-state index contributed by atoms with van der Waals surface area (Å²) in [6.45, 7) is 1.83. The van der Waals surface area contributed by atoms with Crippen molar-refractivity contribution in [1.82, 2.24) is 40.4 Å². The molecule has 0 aliphatic carbocycles. The van der Waals surface area contributed by atoms with Gasteiger partial charge >= 0.3 is 30.8 Å². The summed E-state index contributed by atoms with van der Waals surface area (Å²) in [7, 11) is -1.95. The number of nitrogens with one attached hydrogen (secondary N) is 4. The molecule has 0 bridgehead atoms. The molecule has 532 valence electrons. The van der Waals surface area contributed by atoms with Gasteiger partial charge in [0.25, 0.3) is 11.8 Å². The van der Waals surface area contributed by atoms with Crippen LogP contribution in [0.3, 0.4) is 0 Å². The van der Waals surface area contributed by atoms with Crippen molar-refractivity contribution in [1.29, 1.82) is 0 Å². The van der Waals surface area contributed by atoms with Crippen LogP contribution in [-0.4, -0.2) is 144 Å². The molecule has 25 nitrogen and oxygen atoms in total. The number of carbonyl (C=O) groups excluding carboxylic acids is 3. The number of carboxylic acids is 1. The molecule has 2 unspecified atom stereocenters. The van der Waals surface area contributed by atoms with E-state index in [0.717, 1.165) is 21.1 Å². The second-order valence-electron chi connectivity index (χ2n) is 23.8. The number of nitrogens with zero attached hydrogens (tertiary/aromatic N) is 6. The number of amides is 2. The number of fused-ring (bicyclic) bond motifs is 12. The van der Waals surface area contributed by atoms with Gasteiger partial charge in [0.05, 0.1) is 102 Å². The molecular weight excluding hydrogens is 1390 g/mol. The third-order valence-corrected chi connectivity index (χ3v) is 19.8. The van der Waals surface area contributed by atoms with E-state index in [-0.39, 0.29) is 102 Å². The first-order valence-corrected chi connectivity index (χ1v) is 35.2. The molecule has 2 amide bonds. The average Bonchev–Trinajstić information content (AvgIpc) is 1.59. The maximum absolute atomic E-state index is 15.2. The number of hydrogen-bond donors (Lipinski definition) is 5. The van der Waals surface area contributed by atoms with E-state index >= 15 is 8.78 Å². The van der Waals surface area contributed by atoms with Crippen molar-refractivity contribution in [3.8, 4) is 79.4 Å². The molecule has 14 rings (SSSR count). The third-order valence-electron chi connectivity index (χ3n) is 17.4. The Kier molecular flexibility index (Phi) is 20.9. The normalized spacial score (nSPS) is 13.6. The Morgan fingerprint density at radius 1 is 0.567 bits per heavy atom. The maximum Gasteiger partial charge on any atom is 1.00 e. The second kappa shape index (κ2) is 29.4. The van der Waals surface area contributed by atoms with Crippen LogP contribution in [0.5, 0.6) is 11.5 Å². The SMILES string of the molecule is CCOC(=O)CNCC1Oc2ccc(-c3cc4c(C(=O)NC)c(-c5ccc(F)cc5)oc4cc3N(C)S(C)(=O)=O)nc2-c2cc3c(F)cccc3n21.CNC(=O)c1c(-c2ccc(F)cc2)oc2cc(N(C)S(C)(=O)=O)c(-c3ccc4c(n3)-c3cc5c(F)cccc5n3C(CNCC(=O)O)O4)cc12.[Li+].[OH-]. The molecule has 0 saturated heterocycles. The molecule has 6 aromatic heterocycles. The molecule has 6 aromatic carbocycles. The number of aromatic nitrogens is 4.